The topological polar surface area (TPSA) is 104 Å². The molecule has 3 rings (SSSR count). The largest absolute Gasteiger partial charge is 0.324 e. The SMILES string of the molecule is O=C(CCNS(=O)(=O)c1ccccc1Cl)Nc1nc2ccccc2[nH]1. The minimum Gasteiger partial charge on any atom is -0.324 e. The molecule has 1 aromatic heterocycles. The van der Waals surface area contributed by atoms with Crippen LogP contribution in [-0.2, 0) is 14.8 Å². The number of imidazole rings is 1. The molecule has 0 aliphatic rings. The number of amides is 1. The first-order valence-electron chi connectivity index (χ1n) is 7.44. The standard InChI is InChI=1S/C16H15ClN4O3S/c17-11-5-1-4-8-14(11)25(23,24)18-10-9-15(22)21-16-19-12-6-2-3-7-13(12)20-16/h1-8,18H,9-10H2,(H2,19,20,21,22). The number of para-hydroxylation sites is 2. The summed E-state index contributed by atoms with van der Waals surface area (Å²) < 4.78 is 26.7. The molecule has 9 heteroatoms. The van der Waals surface area contributed by atoms with Gasteiger partial charge in [0.2, 0.25) is 21.9 Å². The van der Waals surface area contributed by atoms with E-state index in [0.29, 0.717) is 5.95 Å². The van der Waals surface area contributed by atoms with E-state index in [1.165, 1.54) is 12.1 Å². The molecule has 130 valence electrons. The lowest BCUT2D eigenvalue weighted by atomic mass is 10.3. The van der Waals surface area contributed by atoms with Crippen molar-refractivity contribution in [3.8, 4) is 0 Å². The van der Waals surface area contributed by atoms with Crippen LogP contribution in [0.3, 0.4) is 0 Å². The number of aromatic amines is 1. The molecule has 0 saturated heterocycles. The Hall–Kier alpha value is -2.42. The van der Waals surface area contributed by atoms with Gasteiger partial charge in [0.05, 0.1) is 16.1 Å². The Kier molecular flexibility index (Phi) is 5.03. The number of anilines is 1. The van der Waals surface area contributed by atoms with Crippen molar-refractivity contribution >= 4 is 44.5 Å². The van der Waals surface area contributed by atoms with Gasteiger partial charge in [-0.2, -0.15) is 0 Å². The van der Waals surface area contributed by atoms with Crippen LogP contribution >= 0.6 is 11.6 Å². The zero-order valence-electron chi connectivity index (χ0n) is 13.0. The lowest BCUT2D eigenvalue weighted by Crippen LogP contribution is -2.28. The van der Waals surface area contributed by atoms with Crippen molar-refractivity contribution in [1.82, 2.24) is 14.7 Å². The van der Waals surface area contributed by atoms with Gasteiger partial charge in [0, 0.05) is 13.0 Å². The van der Waals surface area contributed by atoms with E-state index in [-0.39, 0.29) is 28.8 Å². The highest BCUT2D eigenvalue weighted by atomic mass is 35.5. The molecular weight excluding hydrogens is 364 g/mol. The van der Waals surface area contributed by atoms with E-state index in [1.54, 1.807) is 12.1 Å². The van der Waals surface area contributed by atoms with Crippen LogP contribution in [0.4, 0.5) is 5.95 Å². The van der Waals surface area contributed by atoms with Gasteiger partial charge in [-0.1, -0.05) is 35.9 Å². The molecule has 1 heterocycles. The number of H-pyrrole nitrogens is 1. The zero-order chi connectivity index (χ0) is 17.9. The van der Waals surface area contributed by atoms with Crippen LogP contribution < -0.4 is 10.0 Å². The van der Waals surface area contributed by atoms with Crippen LogP contribution in [0.1, 0.15) is 6.42 Å². The second kappa shape index (κ2) is 7.22. The first-order valence-corrected chi connectivity index (χ1v) is 9.30. The molecule has 0 spiro atoms. The second-order valence-electron chi connectivity index (χ2n) is 5.23. The lowest BCUT2D eigenvalue weighted by molar-refractivity contribution is -0.116. The fraction of sp³-hybridized carbons (Fsp3) is 0.125. The fourth-order valence-electron chi connectivity index (χ4n) is 2.25. The maximum absolute atomic E-state index is 12.2. The summed E-state index contributed by atoms with van der Waals surface area (Å²) in [6.45, 7) is -0.0559. The molecule has 0 fully saturated rings. The third kappa shape index (κ3) is 4.16. The Balaban J connectivity index is 1.56. The van der Waals surface area contributed by atoms with Crippen molar-refractivity contribution in [2.75, 3.05) is 11.9 Å². The number of nitrogens with zero attached hydrogens (tertiary/aromatic N) is 1. The summed E-state index contributed by atoms with van der Waals surface area (Å²) in [4.78, 5) is 19.1. The van der Waals surface area contributed by atoms with E-state index in [4.69, 9.17) is 11.6 Å². The van der Waals surface area contributed by atoms with E-state index in [2.05, 4.69) is 20.0 Å². The highest BCUT2D eigenvalue weighted by Gasteiger charge is 2.17. The predicted molar refractivity (Wildman–Crippen MR) is 96.0 cm³/mol. The molecule has 3 aromatic rings. The summed E-state index contributed by atoms with van der Waals surface area (Å²) in [7, 11) is -3.77. The smallest absolute Gasteiger partial charge is 0.242 e. The molecule has 2 aromatic carbocycles. The molecule has 0 unspecified atom stereocenters. The van der Waals surface area contributed by atoms with Crippen molar-refractivity contribution < 1.29 is 13.2 Å². The maximum Gasteiger partial charge on any atom is 0.242 e. The molecule has 25 heavy (non-hydrogen) atoms. The van der Waals surface area contributed by atoms with Gasteiger partial charge >= 0.3 is 0 Å². The molecule has 0 aliphatic heterocycles. The van der Waals surface area contributed by atoms with Crippen LogP contribution in [0, 0.1) is 0 Å². The molecule has 0 saturated carbocycles. The number of hydrogen-bond donors (Lipinski definition) is 3. The van der Waals surface area contributed by atoms with Crippen molar-refractivity contribution in [3.05, 3.63) is 53.6 Å². The van der Waals surface area contributed by atoms with E-state index in [1.807, 2.05) is 24.3 Å². The van der Waals surface area contributed by atoms with Crippen molar-refractivity contribution in [2.45, 2.75) is 11.3 Å². The number of fused-ring (bicyclic) bond motifs is 1. The van der Waals surface area contributed by atoms with E-state index < -0.39 is 10.0 Å². The molecule has 0 radical (unpaired) electrons. The summed E-state index contributed by atoms with van der Waals surface area (Å²) in [6, 6.07) is 13.5. The lowest BCUT2D eigenvalue weighted by Gasteiger charge is -2.08. The molecule has 1 amide bonds. The molecule has 0 aliphatic carbocycles. The number of carbonyl (C=O) groups is 1. The van der Waals surface area contributed by atoms with Crippen LogP contribution in [0.25, 0.3) is 11.0 Å². The number of benzene rings is 2. The van der Waals surface area contributed by atoms with Crippen molar-refractivity contribution in [2.24, 2.45) is 0 Å². The van der Waals surface area contributed by atoms with Crippen LogP contribution in [0.2, 0.25) is 5.02 Å². The van der Waals surface area contributed by atoms with Crippen LogP contribution in [0.5, 0.6) is 0 Å². The molecule has 0 atom stereocenters. The number of hydrogen-bond acceptors (Lipinski definition) is 4. The molecule has 3 N–H and O–H groups in total. The molecule has 0 bridgehead atoms. The maximum atomic E-state index is 12.2. The van der Waals surface area contributed by atoms with E-state index in [9.17, 15) is 13.2 Å². The monoisotopic (exact) mass is 378 g/mol. The van der Waals surface area contributed by atoms with Gasteiger partial charge in [-0.05, 0) is 24.3 Å². The second-order valence-corrected chi connectivity index (χ2v) is 7.37. The Morgan fingerprint density at radius 3 is 2.60 bits per heavy atom. The van der Waals surface area contributed by atoms with Gasteiger partial charge in [-0.3, -0.25) is 10.1 Å². The Bertz CT molecular complexity index is 984. The number of rotatable bonds is 6. The first kappa shape index (κ1) is 17.4. The summed E-state index contributed by atoms with van der Waals surface area (Å²) in [5, 5.41) is 2.73. The minimum absolute atomic E-state index is 0.0191. The van der Waals surface area contributed by atoms with Gasteiger partial charge in [-0.25, -0.2) is 18.1 Å². The number of nitrogens with one attached hydrogen (secondary N) is 3. The van der Waals surface area contributed by atoms with Crippen molar-refractivity contribution in [1.29, 1.82) is 0 Å². The van der Waals surface area contributed by atoms with Crippen LogP contribution in [0.15, 0.2) is 53.4 Å². The Labute approximate surface area is 149 Å². The summed E-state index contributed by atoms with van der Waals surface area (Å²) in [5.74, 6) is -0.0407. The van der Waals surface area contributed by atoms with Gasteiger partial charge in [0.25, 0.3) is 0 Å². The summed E-state index contributed by atoms with van der Waals surface area (Å²) >= 11 is 5.89. The van der Waals surface area contributed by atoms with E-state index in [0.717, 1.165) is 11.0 Å². The normalized spacial score (nSPS) is 11.6. The highest BCUT2D eigenvalue weighted by Crippen LogP contribution is 2.20. The average molecular weight is 379 g/mol. The van der Waals surface area contributed by atoms with Crippen LogP contribution in [-0.4, -0.2) is 30.8 Å². The predicted octanol–water partition coefficient (Wildman–Crippen LogP) is 2.52. The third-order valence-electron chi connectivity index (χ3n) is 3.42. The van der Waals surface area contributed by atoms with Gasteiger partial charge in [0.15, 0.2) is 0 Å². The zero-order valence-corrected chi connectivity index (χ0v) is 14.6. The number of aromatic nitrogens is 2. The fourth-order valence-corrected chi connectivity index (χ4v) is 3.80. The summed E-state index contributed by atoms with van der Waals surface area (Å²) in [6.07, 6.45) is -0.0409. The highest BCUT2D eigenvalue weighted by molar-refractivity contribution is 7.89. The first-order chi connectivity index (χ1) is 12.0. The number of halogens is 1. The third-order valence-corrected chi connectivity index (χ3v) is 5.38. The van der Waals surface area contributed by atoms with Gasteiger partial charge in [0.1, 0.15) is 4.90 Å². The van der Waals surface area contributed by atoms with Gasteiger partial charge < -0.3 is 4.98 Å². The molecule has 7 nitrogen and oxygen atoms in total. The van der Waals surface area contributed by atoms with Crippen molar-refractivity contribution in [3.63, 3.8) is 0 Å². The van der Waals surface area contributed by atoms with E-state index >= 15 is 0 Å². The summed E-state index contributed by atoms with van der Waals surface area (Å²) in [5.41, 5.74) is 1.54. The average Bonchev–Trinajstić information content (AvgIpc) is 2.97. The number of carbonyl (C=O) groups excluding carboxylic acids is 1. The molecular formula is C16H15ClN4O3S. The Morgan fingerprint density at radius 2 is 1.84 bits per heavy atom. The Morgan fingerprint density at radius 1 is 1.12 bits per heavy atom. The number of sulfonamides is 1. The minimum atomic E-state index is -3.77. The van der Waals surface area contributed by atoms with Gasteiger partial charge in [-0.15, -0.1) is 0 Å². The quantitative estimate of drug-likeness (QED) is 0.613.